The molecule has 0 radical (unpaired) electrons. The van der Waals surface area contributed by atoms with Crippen LogP contribution in [0.4, 0.5) is 13.2 Å². The van der Waals surface area contributed by atoms with E-state index in [1.165, 1.54) is 7.05 Å². The molecule has 0 unspecified atom stereocenters. The summed E-state index contributed by atoms with van der Waals surface area (Å²) >= 11 is 0. The molecule has 16 heavy (non-hydrogen) atoms. The fourth-order valence-electron chi connectivity index (χ4n) is 1.14. The third kappa shape index (κ3) is 2.98. The van der Waals surface area contributed by atoms with Gasteiger partial charge in [-0.05, 0) is 0 Å². The quantitative estimate of drug-likeness (QED) is 0.755. The van der Waals surface area contributed by atoms with Crippen LogP contribution in [0.2, 0.25) is 0 Å². The molecule has 0 aromatic carbocycles. The zero-order valence-electron chi connectivity index (χ0n) is 9.00. The number of hydrogen-bond donors (Lipinski definition) is 0. The number of carbonyl (C=O) groups is 1. The van der Waals surface area contributed by atoms with Crippen LogP contribution in [0.15, 0.2) is 6.07 Å². The second-order valence-corrected chi connectivity index (χ2v) is 3.56. The van der Waals surface area contributed by atoms with E-state index in [0.717, 1.165) is 10.7 Å². The highest BCUT2D eigenvalue weighted by Crippen LogP contribution is 2.22. The van der Waals surface area contributed by atoms with Crippen LogP contribution in [-0.4, -0.2) is 21.9 Å². The van der Waals surface area contributed by atoms with Crippen LogP contribution in [-0.2, 0) is 7.05 Å². The molecule has 0 fully saturated rings. The third-order valence-corrected chi connectivity index (χ3v) is 1.85. The van der Waals surface area contributed by atoms with Gasteiger partial charge in [-0.3, -0.25) is 9.48 Å². The van der Waals surface area contributed by atoms with Crippen molar-refractivity contribution in [3.05, 3.63) is 11.8 Å². The molecule has 0 bridgehead atoms. The first-order valence-corrected chi connectivity index (χ1v) is 4.54. The maximum absolute atomic E-state index is 11.9. The first-order chi connectivity index (χ1) is 7.20. The van der Waals surface area contributed by atoms with E-state index in [0.29, 0.717) is 0 Å². The lowest BCUT2D eigenvalue weighted by atomic mass is 10.1. The predicted molar refractivity (Wildman–Crippen MR) is 49.1 cm³/mol. The topological polar surface area (TPSA) is 44.1 Å². The van der Waals surface area contributed by atoms with E-state index in [2.05, 4.69) is 9.84 Å². The van der Waals surface area contributed by atoms with Crippen molar-refractivity contribution in [1.82, 2.24) is 9.78 Å². The van der Waals surface area contributed by atoms with Crippen LogP contribution in [0, 0.1) is 5.92 Å². The number of alkyl halides is 3. The zero-order chi connectivity index (χ0) is 12.5. The Labute approximate surface area is 90.0 Å². The number of hydrogen-bond acceptors (Lipinski definition) is 3. The molecule has 1 rings (SSSR count). The van der Waals surface area contributed by atoms with E-state index in [9.17, 15) is 18.0 Å². The van der Waals surface area contributed by atoms with Gasteiger partial charge >= 0.3 is 6.36 Å². The van der Waals surface area contributed by atoms with Crippen molar-refractivity contribution in [2.24, 2.45) is 13.0 Å². The lowest BCUT2D eigenvalue weighted by Crippen LogP contribution is -2.17. The number of rotatable bonds is 3. The molecule has 1 heterocycles. The van der Waals surface area contributed by atoms with Crippen molar-refractivity contribution < 1.29 is 22.7 Å². The molecular weight excluding hydrogens is 225 g/mol. The summed E-state index contributed by atoms with van der Waals surface area (Å²) in [6, 6.07) is 0.982. The normalized spacial score (nSPS) is 11.9. The summed E-state index contributed by atoms with van der Waals surface area (Å²) in [5.41, 5.74) is 0.0919. The van der Waals surface area contributed by atoms with E-state index in [1.54, 1.807) is 13.8 Å². The van der Waals surface area contributed by atoms with Crippen LogP contribution < -0.4 is 4.74 Å². The van der Waals surface area contributed by atoms with Crippen LogP contribution in [0.25, 0.3) is 0 Å². The molecule has 4 nitrogen and oxygen atoms in total. The molecule has 0 N–H and O–H groups in total. The standard InChI is InChI=1S/C9H11F3N2O2/c1-5(2)8(15)6-4-7(13-14(6)3)16-9(10,11)12/h4-5H,1-3H3. The second kappa shape index (κ2) is 4.15. The minimum atomic E-state index is -4.80. The smallest absolute Gasteiger partial charge is 0.386 e. The lowest BCUT2D eigenvalue weighted by molar-refractivity contribution is -0.276. The Hall–Kier alpha value is -1.53. The molecule has 1 aromatic heterocycles. The molecule has 7 heteroatoms. The highest BCUT2D eigenvalue weighted by atomic mass is 19.4. The Morgan fingerprint density at radius 2 is 2.06 bits per heavy atom. The highest BCUT2D eigenvalue weighted by Gasteiger charge is 2.33. The Morgan fingerprint density at radius 1 is 1.50 bits per heavy atom. The van der Waals surface area contributed by atoms with Crippen molar-refractivity contribution >= 4 is 5.78 Å². The molecule has 0 atom stereocenters. The molecule has 90 valence electrons. The van der Waals surface area contributed by atoms with Gasteiger partial charge in [-0.2, -0.15) is 0 Å². The molecule has 1 aromatic rings. The fourth-order valence-corrected chi connectivity index (χ4v) is 1.14. The van der Waals surface area contributed by atoms with Gasteiger partial charge < -0.3 is 4.74 Å². The Balaban J connectivity index is 2.95. The van der Waals surface area contributed by atoms with Crippen molar-refractivity contribution in [1.29, 1.82) is 0 Å². The minimum Gasteiger partial charge on any atom is -0.386 e. The van der Waals surface area contributed by atoms with E-state index in [1.807, 2.05) is 0 Å². The molecule has 0 spiro atoms. The van der Waals surface area contributed by atoms with Gasteiger partial charge in [0.1, 0.15) is 5.69 Å². The molecule has 0 saturated heterocycles. The van der Waals surface area contributed by atoms with Gasteiger partial charge in [0, 0.05) is 19.0 Å². The van der Waals surface area contributed by atoms with Gasteiger partial charge in [-0.15, -0.1) is 18.3 Å². The van der Waals surface area contributed by atoms with Gasteiger partial charge in [0.2, 0.25) is 5.88 Å². The molecular formula is C9H11F3N2O2. The second-order valence-electron chi connectivity index (χ2n) is 3.56. The van der Waals surface area contributed by atoms with Crippen molar-refractivity contribution in [3.8, 4) is 5.88 Å². The van der Waals surface area contributed by atoms with Gasteiger partial charge in [0.25, 0.3) is 0 Å². The summed E-state index contributed by atoms with van der Waals surface area (Å²) in [6.07, 6.45) is -4.80. The average molecular weight is 236 g/mol. The molecule has 0 aliphatic carbocycles. The number of aromatic nitrogens is 2. The third-order valence-electron chi connectivity index (χ3n) is 1.85. The summed E-state index contributed by atoms with van der Waals surface area (Å²) in [5.74, 6) is -1.22. The zero-order valence-corrected chi connectivity index (χ0v) is 9.00. The lowest BCUT2D eigenvalue weighted by Gasteiger charge is -2.03. The first kappa shape index (κ1) is 12.5. The van der Waals surface area contributed by atoms with Gasteiger partial charge in [0.15, 0.2) is 5.78 Å². The van der Waals surface area contributed by atoms with E-state index < -0.39 is 12.2 Å². The Bertz CT molecular complexity index is 396. The van der Waals surface area contributed by atoms with Crippen LogP contribution in [0.5, 0.6) is 5.88 Å². The summed E-state index contributed by atoms with van der Waals surface area (Å²) in [5, 5.41) is 3.45. The van der Waals surface area contributed by atoms with E-state index in [-0.39, 0.29) is 17.4 Å². The molecule has 0 saturated carbocycles. The van der Waals surface area contributed by atoms with Crippen LogP contribution in [0.3, 0.4) is 0 Å². The number of aryl methyl sites for hydroxylation is 1. The molecule has 0 aliphatic rings. The van der Waals surface area contributed by atoms with Gasteiger partial charge in [0.05, 0.1) is 0 Å². The maximum atomic E-state index is 11.9. The summed E-state index contributed by atoms with van der Waals surface area (Å²) in [7, 11) is 1.39. The van der Waals surface area contributed by atoms with Crippen LogP contribution in [0.1, 0.15) is 24.3 Å². The number of nitrogens with zero attached hydrogens (tertiary/aromatic N) is 2. The maximum Gasteiger partial charge on any atom is 0.574 e. The summed E-state index contributed by atoms with van der Waals surface area (Å²) in [6.45, 7) is 3.30. The largest absolute Gasteiger partial charge is 0.574 e. The predicted octanol–water partition coefficient (Wildman–Crippen LogP) is 2.16. The van der Waals surface area contributed by atoms with Gasteiger partial charge in [-0.1, -0.05) is 13.8 Å². The number of halogens is 3. The van der Waals surface area contributed by atoms with Crippen LogP contribution >= 0.6 is 0 Å². The summed E-state index contributed by atoms with van der Waals surface area (Å²) < 4.78 is 40.3. The van der Waals surface area contributed by atoms with E-state index >= 15 is 0 Å². The minimum absolute atomic E-state index is 0.0919. The SMILES string of the molecule is CC(C)C(=O)c1cc(OC(F)(F)F)nn1C. The average Bonchev–Trinajstić information content (AvgIpc) is 2.41. The van der Waals surface area contributed by atoms with Crippen molar-refractivity contribution in [2.45, 2.75) is 20.2 Å². The number of ketones is 1. The number of ether oxygens (including phenoxy) is 1. The summed E-state index contributed by atoms with van der Waals surface area (Å²) in [4.78, 5) is 11.5. The van der Waals surface area contributed by atoms with Gasteiger partial charge in [-0.25, -0.2) is 0 Å². The Morgan fingerprint density at radius 3 is 2.50 bits per heavy atom. The molecule has 0 amide bonds. The van der Waals surface area contributed by atoms with Crippen molar-refractivity contribution in [2.75, 3.05) is 0 Å². The van der Waals surface area contributed by atoms with E-state index in [4.69, 9.17) is 0 Å². The monoisotopic (exact) mass is 236 g/mol. The highest BCUT2D eigenvalue weighted by molar-refractivity contribution is 5.96. The fraction of sp³-hybridized carbons (Fsp3) is 0.556. The number of Topliss-reactive ketones (excluding diaryl/α,β-unsaturated/α-hetero) is 1. The van der Waals surface area contributed by atoms with Crippen molar-refractivity contribution in [3.63, 3.8) is 0 Å². The Kier molecular flexibility index (Phi) is 3.25. The number of carbonyl (C=O) groups excluding carboxylic acids is 1. The first-order valence-electron chi connectivity index (χ1n) is 4.54. The molecule has 0 aliphatic heterocycles.